The predicted molar refractivity (Wildman–Crippen MR) is 79.0 cm³/mol. The molecule has 3 heteroatoms. The van der Waals surface area contributed by atoms with Crippen molar-refractivity contribution in [3.05, 3.63) is 11.9 Å². The molecule has 0 aromatic carbocycles. The largest absolute Gasteiger partial charge is 0.382 e. The normalized spacial score (nSPS) is 10.8. The van der Waals surface area contributed by atoms with Gasteiger partial charge in [-0.15, -0.1) is 0 Å². The Morgan fingerprint density at radius 3 is 2.22 bits per heavy atom. The van der Waals surface area contributed by atoms with Crippen LogP contribution in [0.3, 0.4) is 0 Å². The highest BCUT2D eigenvalue weighted by Crippen LogP contribution is 2.12. The molecule has 0 spiro atoms. The summed E-state index contributed by atoms with van der Waals surface area (Å²) in [6.07, 6.45) is 13.0. The molecule has 104 valence electrons. The van der Waals surface area contributed by atoms with Crippen LogP contribution < -0.4 is 5.32 Å². The van der Waals surface area contributed by atoms with Crippen molar-refractivity contribution in [2.24, 2.45) is 7.05 Å². The van der Waals surface area contributed by atoms with Crippen LogP contribution in [-0.4, -0.2) is 16.3 Å². The smallest absolute Gasteiger partial charge is 0.0824 e. The van der Waals surface area contributed by atoms with Crippen molar-refractivity contribution in [1.29, 1.82) is 0 Å². The lowest BCUT2D eigenvalue weighted by Gasteiger charge is -2.04. The third-order valence-corrected chi connectivity index (χ3v) is 3.36. The molecule has 1 N–H and O–H groups in total. The number of hydrogen-bond donors (Lipinski definition) is 1. The van der Waals surface area contributed by atoms with Crippen LogP contribution in [0.5, 0.6) is 0 Å². The molecule has 1 aromatic rings. The van der Waals surface area contributed by atoms with Crippen molar-refractivity contribution >= 4 is 5.69 Å². The Labute approximate surface area is 112 Å². The summed E-state index contributed by atoms with van der Waals surface area (Å²) in [5.74, 6) is 0. The van der Waals surface area contributed by atoms with E-state index < -0.39 is 0 Å². The molecule has 0 radical (unpaired) electrons. The lowest BCUT2D eigenvalue weighted by Crippen LogP contribution is -2.01. The van der Waals surface area contributed by atoms with Gasteiger partial charge >= 0.3 is 0 Å². The Kier molecular flexibility index (Phi) is 7.54. The van der Waals surface area contributed by atoms with Crippen LogP contribution in [0.25, 0.3) is 0 Å². The first-order valence-electron chi connectivity index (χ1n) is 7.48. The second kappa shape index (κ2) is 9.01. The highest BCUT2D eigenvalue weighted by atomic mass is 15.3. The Morgan fingerprint density at radius 1 is 1.06 bits per heavy atom. The molecule has 0 aliphatic carbocycles. The van der Waals surface area contributed by atoms with Gasteiger partial charge in [0.05, 0.1) is 11.4 Å². The first kappa shape index (κ1) is 15.1. The molecule has 0 atom stereocenters. The third kappa shape index (κ3) is 6.08. The highest BCUT2D eigenvalue weighted by molar-refractivity contribution is 5.45. The van der Waals surface area contributed by atoms with Crippen LogP contribution in [0.1, 0.15) is 64.0 Å². The molecule has 1 heterocycles. The van der Waals surface area contributed by atoms with E-state index in [1.165, 1.54) is 57.1 Å². The van der Waals surface area contributed by atoms with E-state index in [0.29, 0.717) is 0 Å². The Bertz CT molecular complexity index is 318. The average molecular weight is 251 g/mol. The van der Waals surface area contributed by atoms with Crippen molar-refractivity contribution in [1.82, 2.24) is 9.78 Å². The number of nitrogens with zero attached hydrogens (tertiary/aromatic N) is 2. The van der Waals surface area contributed by atoms with Crippen molar-refractivity contribution in [2.45, 2.75) is 65.2 Å². The van der Waals surface area contributed by atoms with Gasteiger partial charge in [-0.25, -0.2) is 0 Å². The molecule has 18 heavy (non-hydrogen) atoms. The minimum absolute atomic E-state index is 1.07. The number of unbranched alkanes of at least 4 members (excludes halogenated alkanes) is 7. The summed E-state index contributed by atoms with van der Waals surface area (Å²) in [6.45, 7) is 5.39. The van der Waals surface area contributed by atoms with Gasteiger partial charge in [0.1, 0.15) is 0 Å². The third-order valence-electron chi connectivity index (χ3n) is 3.36. The zero-order valence-corrected chi connectivity index (χ0v) is 12.3. The first-order valence-corrected chi connectivity index (χ1v) is 7.48. The molecule has 0 amide bonds. The fourth-order valence-electron chi connectivity index (χ4n) is 2.26. The van der Waals surface area contributed by atoms with Crippen LogP contribution in [0, 0.1) is 6.92 Å². The minimum Gasteiger partial charge on any atom is -0.382 e. The number of aryl methyl sites for hydroxylation is 2. The topological polar surface area (TPSA) is 29.9 Å². The van der Waals surface area contributed by atoms with Crippen LogP contribution in [0.15, 0.2) is 6.20 Å². The highest BCUT2D eigenvalue weighted by Gasteiger charge is 2.00. The molecule has 0 fully saturated rings. The van der Waals surface area contributed by atoms with E-state index in [2.05, 4.69) is 30.5 Å². The number of hydrogen-bond acceptors (Lipinski definition) is 2. The molecule has 0 saturated heterocycles. The lowest BCUT2D eigenvalue weighted by atomic mass is 10.1. The molecule has 1 rings (SSSR count). The quantitative estimate of drug-likeness (QED) is 0.629. The van der Waals surface area contributed by atoms with Gasteiger partial charge in [0.15, 0.2) is 0 Å². The Balaban J connectivity index is 1.94. The van der Waals surface area contributed by atoms with Crippen LogP contribution in [0.4, 0.5) is 5.69 Å². The molecule has 0 saturated carbocycles. The summed E-state index contributed by atoms with van der Waals surface area (Å²) in [5, 5.41) is 7.78. The fraction of sp³-hybridized carbons (Fsp3) is 0.800. The Hall–Kier alpha value is -0.990. The SMILES string of the molecule is CCCCCCCCCCNc1cn(C)nc1C. The second-order valence-electron chi connectivity index (χ2n) is 5.20. The van der Waals surface area contributed by atoms with Crippen LogP contribution in [-0.2, 0) is 7.05 Å². The van der Waals surface area contributed by atoms with E-state index in [4.69, 9.17) is 0 Å². The van der Waals surface area contributed by atoms with Crippen LogP contribution >= 0.6 is 0 Å². The monoisotopic (exact) mass is 251 g/mol. The van der Waals surface area contributed by atoms with Crippen molar-refractivity contribution in [2.75, 3.05) is 11.9 Å². The summed E-state index contributed by atoms with van der Waals surface area (Å²) < 4.78 is 1.87. The molecule has 0 aliphatic rings. The lowest BCUT2D eigenvalue weighted by molar-refractivity contribution is 0.581. The van der Waals surface area contributed by atoms with Crippen molar-refractivity contribution < 1.29 is 0 Å². The number of anilines is 1. The van der Waals surface area contributed by atoms with E-state index >= 15 is 0 Å². The number of nitrogens with one attached hydrogen (secondary N) is 1. The van der Waals surface area contributed by atoms with Gasteiger partial charge in [0.25, 0.3) is 0 Å². The molecular weight excluding hydrogens is 222 g/mol. The molecule has 1 aromatic heterocycles. The summed E-state index contributed by atoms with van der Waals surface area (Å²) in [4.78, 5) is 0. The van der Waals surface area contributed by atoms with E-state index in [1.807, 2.05) is 11.7 Å². The van der Waals surface area contributed by atoms with Crippen LogP contribution in [0.2, 0.25) is 0 Å². The van der Waals surface area contributed by atoms with Gasteiger partial charge < -0.3 is 5.32 Å². The predicted octanol–water partition coefficient (Wildman–Crippen LogP) is 4.28. The number of aromatic nitrogens is 2. The summed E-state index contributed by atoms with van der Waals surface area (Å²) in [6, 6.07) is 0. The van der Waals surface area contributed by atoms with Crippen molar-refractivity contribution in [3.8, 4) is 0 Å². The maximum absolute atomic E-state index is 4.32. The van der Waals surface area contributed by atoms with Crippen molar-refractivity contribution in [3.63, 3.8) is 0 Å². The zero-order chi connectivity index (χ0) is 13.2. The standard InChI is InChI=1S/C15H29N3/c1-4-5-6-7-8-9-10-11-12-16-15-13-18(3)17-14(15)2/h13,16H,4-12H2,1-3H3. The van der Waals surface area contributed by atoms with Gasteiger partial charge in [-0.05, 0) is 13.3 Å². The zero-order valence-electron chi connectivity index (χ0n) is 12.3. The van der Waals surface area contributed by atoms with E-state index in [0.717, 1.165) is 12.2 Å². The van der Waals surface area contributed by atoms with Gasteiger partial charge in [0, 0.05) is 19.8 Å². The first-order chi connectivity index (χ1) is 8.74. The van der Waals surface area contributed by atoms with Gasteiger partial charge in [-0.2, -0.15) is 5.10 Å². The van der Waals surface area contributed by atoms with Gasteiger partial charge in [-0.3, -0.25) is 4.68 Å². The molecule has 0 aliphatic heterocycles. The summed E-state index contributed by atoms with van der Waals surface area (Å²) >= 11 is 0. The fourth-order valence-corrected chi connectivity index (χ4v) is 2.26. The maximum Gasteiger partial charge on any atom is 0.0824 e. The van der Waals surface area contributed by atoms with E-state index in [1.54, 1.807) is 0 Å². The second-order valence-corrected chi connectivity index (χ2v) is 5.20. The average Bonchev–Trinajstić information content (AvgIpc) is 2.66. The Morgan fingerprint density at radius 2 is 1.67 bits per heavy atom. The summed E-state index contributed by atoms with van der Waals surface area (Å²) in [7, 11) is 1.97. The molecular formula is C15H29N3. The van der Waals surface area contributed by atoms with E-state index in [-0.39, 0.29) is 0 Å². The summed E-state index contributed by atoms with van der Waals surface area (Å²) in [5.41, 5.74) is 2.28. The maximum atomic E-state index is 4.32. The van der Waals surface area contributed by atoms with Gasteiger partial charge in [-0.1, -0.05) is 51.9 Å². The number of rotatable bonds is 10. The molecule has 3 nitrogen and oxygen atoms in total. The van der Waals surface area contributed by atoms with Gasteiger partial charge in [0.2, 0.25) is 0 Å². The van der Waals surface area contributed by atoms with E-state index in [9.17, 15) is 0 Å². The molecule has 0 bridgehead atoms. The molecule has 0 unspecified atom stereocenters. The minimum atomic E-state index is 1.07.